The Balaban J connectivity index is 1.31. The van der Waals surface area contributed by atoms with Crippen LogP contribution < -0.4 is 20.6 Å². The zero-order valence-corrected chi connectivity index (χ0v) is 23.3. The maximum atomic E-state index is 13.3. The molecule has 1 aliphatic heterocycles. The molecule has 1 saturated heterocycles. The van der Waals surface area contributed by atoms with Crippen molar-refractivity contribution in [2.75, 3.05) is 39.1 Å². The number of hydrogen-bond acceptors (Lipinski definition) is 14. The second-order valence-corrected chi connectivity index (χ2v) is 9.42. The molecule has 1 aliphatic rings. The van der Waals surface area contributed by atoms with E-state index in [1.54, 1.807) is 31.2 Å². The van der Waals surface area contributed by atoms with Gasteiger partial charge in [-0.1, -0.05) is 5.21 Å². The number of nitro groups is 1. The van der Waals surface area contributed by atoms with Gasteiger partial charge in [0.2, 0.25) is 11.6 Å². The molecule has 0 spiro atoms. The van der Waals surface area contributed by atoms with Crippen molar-refractivity contribution >= 4 is 23.6 Å². The predicted molar refractivity (Wildman–Crippen MR) is 150 cm³/mol. The van der Waals surface area contributed by atoms with E-state index in [1.807, 2.05) is 0 Å². The van der Waals surface area contributed by atoms with E-state index in [0.717, 1.165) is 4.68 Å². The molecule has 3 heterocycles. The lowest BCUT2D eigenvalue weighted by Crippen LogP contribution is -2.36. The van der Waals surface area contributed by atoms with E-state index < -0.39 is 10.8 Å². The van der Waals surface area contributed by atoms with Crippen molar-refractivity contribution in [3.8, 4) is 17.3 Å². The van der Waals surface area contributed by atoms with Gasteiger partial charge in [-0.2, -0.15) is 9.78 Å². The highest BCUT2D eigenvalue weighted by Crippen LogP contribution is 2.26. The number of hydrogen-bond donors (Lipinski definition) is 2. The number of carbonyl (C=O) groups is 1. The number of methoxy groups -OCH3 is 1. The van der Waals surface area contributed by atoms with Gasteiger partial charge in [-0.3, -0.25) is 19.8 Å². The van der Waals surface area contributed by atoms with Gasteiger partial charge in [0.25, 0.3) is 11.6 Å². The third-order valence-electron chi connectivity index (χ3n) is 6.57. The minimum atomic E-state index is -0.600. The Morgan fingerprint density at radius 2 is 2.05 bits per heavy atom. The molecule has 0 atom stereocenters. The number of nitrogens with one attached hydrogen (secondary N) is 1. The molecular formula is C26H28N10O7. The van der Waals surface area contributed by atoms with Gasteiger partial charge in [-0.25, -0.2) is 10.1 Å². The van der Waals surface area contributed by atoms with Crippen molar-refractivity contribution in [3.63, 3.8) is 0 Å². The Kier molecular flexibility index (Phi) is 8.82. The van der Waals surface area contributed by atoms with E-state index in [-0.39, 0.29) is 29.6 Å². The fraction of sp³-hybridized carbons (Fsp3) is 0.308. The molecule has 5 rings (SSSR count). The molecular weight excluding hydrogens is 564 g/mol. The topological polar surface area (TPSA) is 211 Å². The minimum absolute atomic E-state index is 0.0124. The third-order valence-corrected chi connectivity index (χ3v) is 6.57. The largest absolute Gasteiger partial charge is 0.496 e. The number of aromatic nitrogens is 5. The Labute approximate surface area is 244 Å². The van der Waals surface area contributed by atoms with Crippen LogP contribution in [0.15, 0.2) is 46.1 Å². The standard InChI is InChI=1S/C26H28N10O7/c1-16-11-19(4-5-21(16)36(38)39)42-15-18-12-17(3-6-22(18)40-2)13-28-30-26(37)23-20(14-34-7-9-41-10-8-34)29-33-35(23)25-24(27)31-43-32-25/h3-6,11-13H,7-10,14-15H2,1-2H3,(H2,27,31)(H,30,37)/b28-13+. The summed E-state index contributed by atoms with van der Waals surface area (Å²) in [6.07, 6.45) is 1.46. The van der Waals surface area contributed by atoms with E-state index in [9.17, 15) is 14.9 Å². The summed E-state index contributed by atoms with van der Waals surface area (Å²) < 4.78 is 22.5. The SMILES string of the molecule is COc1ccc(/C=N/NC(=O)c2c(CN3CCOCC3)nnn2-c2nonc2N)cc1COc1ccc([N+](=O)[O-])c(C)c1. The van der Waals surface area contributed by atoms with E-state index in [0.29, 0.717) is 66.7 Å². The number of nitrogens with two attached hydrogens (primary N) is 1. The predicted octanol–water partition coefficient (Wildman–Crippen LogP) is 1.63. The molecule has 17 heteroatoms. The van der Waals surface area contributed by atoms with Crippen LogP contribution in [0.2, 0.25) is 0 Å². The van der Waals surface area contributed by atoms with E-state index in [4.69, 9.17) is 19.9 Å². The van der Waals surface area contributed by atoms with Gasteiger partial charge in [0, 0.05) is 36.8 Å². The number of anilines is 1. The number of hydrazone groups is 1. The number of amides is 1. The molecule has 224 valence electrons. The van der Waals surface area contributed by atoms with Gasteiger partial charge < -0.3 is 19.9 Å². The number of nitro benzene ring substituents is 1. The van der Waals surface area contributed by atoms with Crippen LogP contribution in [0.5, 0.6) is 11.5 Å². The molecule has 0 radical (unpaired) electrons. The molecule has 3 N–H and O–H groups in total. The molecule has 2 aromatic carbocycles. The molecule has 2 aromatic heterocycles. The summed E-state index contributed by atoms with van der Waals surface area (Å²) in [7, 11) is 1.53. The Morgan fingerprint density at radius 1 is 1.23 bits per heavy atom. The fourth-order valence-electron chi connectivity index (χ4n) is 4.40. The fourth-order valence-corrected chi connectivity index (χ4v) is 4.40. The average Bonchev–Trinajstić information content (AvgIpc) is 3.62. The van der Waals surface area contributed by atoms with Crippen LogP contribution in [-0.2, 0) is 17.9 Å². The summed E-state index contributed by atoms with van der Waals surface area (Å²) in [5.41, 5.74) is 10.7. The molecule has 43 heavy (non-hydrogen) atoms. The van der Waals surface area contributed by atoms with Gasteiger partial charge in [0.1, 0.15) is 23.8 Å². The first-order valence-electron chi connectivity index (χ1n) is 13.0. The van der Waals surface area contributed by atoms with Gasteiger partial charge in [-0.15, -0.1) is 5.10 Å². The van der Waals surface area contributed by atoms with Crippen molar-refractivity contribution < 1.29 is 28.6 Å². The second-order valence-electron chi connectivity index (χ2n) is 9.42. The first-order chi connectivity index (χ1) is 20.8. The molecule has 0 unspecified atom stereocenters. The van der Waals surface area contributed by atoms with Gasteiger partial charge in [-0.05, 0) is 53.1 Å². The highest BCUT2D eigenvalue weighted by atomic mass is 16.6. The summed E-state index contributed by atoms with van der Waals surface area (Å²) in [6, 6.07) is 9.81. The second kappa shape index (κ2) is 13.0. The van der Waals surface area contributed by atoms with Crippen LogP contribution in [0, 0.1) is 17.0 Å². The number of nitrogen functional groups attached to an aromatic ring is 1. The zero-order valence-electron chi connectivity index (χ0n) is 23.3. The van der Waals surface area contributed by atoms with Crippen molar-refractivity contribution in [3.05, 3.63) is 74.6 Å². The summed E-state index contributed by atoms with van der Waals surface area (Å²) in [5, 5.41) is 30.8. The summed E-state index contributed by atoms with van der Waals surface area (Å²) in [5.74, 6) is 0.409. The van der Waals surface area contributed by atoms with Crippen LogP contribution >= 0.6 is 0 Å². The summed E-state index contributed by atoms with van der Waals surface area (Å²) >= 11 is 0. The molecule has 0 aliphatic carbocycles. The highest BCUT2D eigenvalue weighted by Gasteiger charge is 2.26. The maximum Gasteiger partial charge on any atom is 0.292 e. The van der Waals surface area contributed by atoms with Gasteiger partial charge in [0.05, 0.1) is 31.5 Å². The minimum Gasteiger partial charge on any atom is -0.496 e. The molecule has 0 bridgehead atoms. The number of carbonyl (C=O) groups excluding carboxylic acids is 1. The molecule has 17 nitrogen and oxygen atoms in total. The first-order valence-corrected chi connectivity index (χ1v) is 13.0. The number of morpholine rings is 1. The van der Waals surface area contributed by atoms with Gasteiger partial charge in [0.15, 0.2) is 5.69 Å². The van der Waals surface area contributed by atoms with E-state index >= 15 is 0 Å². The Bertz CT molecular complexity index is 1640. The quantitative estimate of drug-likeness (QED) is 0.144. The molecule has 0 saturated carbocycles. The van der Waals surface area contributed by atoms with Crippen molar-refractivity contribution in [1.29, 1.82) is 0 Å². The van der Waals surface area contributed by atoms with Crippen LogP contribution in [0.25, 0.3) is 5.82 Å². The van der Waals surface area contributed by atoms with E-state index in [1.165, 1.54) is 25.5 Å². The van der Waals surface area contributed by atoms with Crippen LogP contribution in [0.3, 0.4) is 0 Å². The zero-order chi connectivity index (χ0) is 30.3. The number of ether oxygens (including phenoxy) is 3. The molecule has 4 aromatic rings. The number of benzene rings is 2. The van der Waals surface area contributed by atoms with E-state index in [2.05, 4.69) is 40.7 Å². The normalized spacial score (nSPS) is 13.7. The molecule has 1 amide bonds. The lowest BCUT2D eigenvalue weighted by atomic mass is 10.1. The number of aryl methyl sites for hydroxylation is 1. The number of nitrogens with zero attached hydrogens (tertiary/aromatic N) is 8. The number of rotatable bonds is 11. The van der Waals surface area contributed by atoms with Crippen molar-refractivity contribution in [1.82, 2.24) is 35.6 Å². The molecule has 1 fully saturated rings. The average molecular weight is 593 g/mol. The highest BCUT2D eigenvalue weighted by molar-refractivity contribution is 5.95. The Hall–Kier alpha value is -5.42. The van der Waals surface area contributed by atoms with Crippen molar-refractivity contribution in [2.45, 2.75) is 20.1 Å². The van der Waals surface area contributed by atoms with Crippen LogP contribution in [0.1, 0.15) is 32.9 Å². The third kappa shape index (κ3) is 6.74. The monoisotopic (exact) mass is 592 g/mol. The Morgan fingerprint density at radius 3 is 2.74 bits per heavy atom. The van der Waals surface area contributed by atoms with Gasteiger partial charge >= 0.3 is 0 Å². The lowest BCUT2D eigenvalue weighted by molar-refractivity contribution is -0.385. The first kappa shape index (κ1) is 29.1. The lowest BCUT2D eigenvalue weighted by Gasteiger charge is -2.25. The smallest absolute Gasteiger partial charge is 0.292 e. The van der Waals surface area contributed by atoms with Crippen molar-refractivity contribution in [2.24, 2.45) is 5.10 Å². The summed E-state index contributed by atoms with van der Waals surface area (Å²) in [4.78, 5) is 26.1. The maximum absolute atomic E-state index is 13.3. The van der Waals surface area contributed by atoms with Crippen LogP contribution in [0.4, 0.5) is 11.5 Å². The summed E-state index contributed by atoms with van der Waals surface area (Å²) in [6.45, 7) is 4.60. The van der Waals surface area contributed by atoms with Crippen LogP contribution in [-0.4, -0.2) is 80.7 Å².